The van der Waals surface area contributed by atoms with Crippen LogP contribution in [0, 0.1) is 11.3 Å². The van der Waals surface area contributed by atoms with Crippen LogP contribution in [0.25, 0.3) is 0 Å². The van der Waals surface area contributed by atoms with Gasteiger partial charge in [0.25, 0.3) is 0 Å². The number of nitrogens with two attached hydrogens (primary N) is 1. The molecule has 2 heterocycles. The average Bonchev–Trinajstić information content (AvgIpc) is 2.96. The second-order valence-corrected chi connectivity index (χ2v) is 7.55. The van der Waals surface area contributed by atoms with Gasteiger partial charge in [0.1, 0.15) is 0 Å². The Bertz CT molecular complexity index is 422. The lowest BCUT2D eigenvalue weighted by atomic mass is 9.80. The fraction of sp³-hybridized carbons (Fsp3) is 0.882. The van der Waals surface area contributed by atoms with Crippen LogP contribution in [0.3, 0.4) is 0 Å². The van der Waals surface area contributed by atoms with E-state index < -0.39 is 0 Å². The zero-order valence-electron chi connectivity index (χ0n) is 14.3. The molecular formula is C17H31N3O2. The van der Waals surface area contributed by atoms with Crippen molar-refractivity contribution < 1.29 is 9.59 Å². The van der Waals surface area contributed by atoms with Gasteiger partial charge in [0, 0.05) is 19.1 Å². The topological polar surface area (TPSA) is 66.6 Å². The van der Waals surface area contributed by atoms with E-state index in [2.05, 4.69) is 25.7 Å². The summed E-state index contributed by atoms with van der Waals surface area (Å²) in [5.74, 6) is -0.285. The maximum Gasteiger partial charge on any atom is 0.236 e. The van der Waals surface area contributed by atoms with E-state index in [1.165, 1.54) is 12.8 Å². The molecule has 0 aromatic rings. The first-order valence-electron chi connectivity index (χ1n) is 8.66. The molecule has 2 aliphatic heterocycles. The summed E-state index contributed by atoms with van der Waals surface area (Å²) in [5, 5.41) is 0. The minimum atomic E-state index is -0.274. The van der Waals surface area contributed by atoms with Gasteiger partial charge in [0.05, 0.1) is 12.5 Å². The Hall–Kier alpha value is -1.10. The Balaban J connectivity index is 1.95. The molecule has 0 spiro atoms. The maximum atomic E-state index is 12.6. The smallest absolute Gasteiger partial charge is 0.236 e. The van der Waals surface area contributed by atoms with Crippen LogP contribution in [0.5, 0.6) is 0 Å². The zero-order chi connectivity index (χ0) is 16.3. The van der Waals surface area contributed by atoms with E-state index in [-0.39, 0.29) is 23.1 Å². The van der Waals surface area contributed by atoms with E-state index in [4.69, 9.17) is 5.73 Å². The summed E-state index contributed by atoms with van der Waals surface area (Å²) in [6.45, 7) is 9.57. The highest BCUT2D eigenvalue weighted by Gasteiger charge is 2.37. The molecule has 0 bridgehead atoms. The van der Waals surface area contributed by atoms with Crippen molar-refractivity contribution in [3.05, 3.63) is 0 Å². The van der Waals surface area contributed by atoms with E-state index in [9.17, 15) is 9.59 Å². The Labute approximate surface area is 134 Å². The summed E-state index contributed by atoms with van der Waals surface area (Å²) in [7, 11) is 0. The molecule has 22 heavy (non-hydrogen) atoms. The highest BCUT2D eigenvalue weighted by Crippen LogP contribution is 2.35. The molecule has 0 aromatic carbocycles. The van der Waals surface area contributed by atoms with Crippen LogP contribution in [0.1, 0.15) is 52.9 Å². The van der Waals surface area contributed by atoms with E-state index in [0.717, 1.165) is 32.4 Å². The quantitative estimate of drug-likeness (QED) is 0.839. The standard InChI is InChI=1S/C17H31N3O2/c1-4-17(2,3)14-8-6-9-19(14)12-15(21)20-10-5-7-13(11-20)16(18)22/h13-14H,4-12H2,1-3H3,(H2,18,22)/t13-,14+/m0/s1. The van der Waals surface area contributed by atoms with Crippen molar-refractivity contribution >= 4 is 11.8 Å². The molecule has 0 saturated carbocycles. The molecule has 2 atom stereocenters. The summed E-state index contributed by atoms with van der Waals surface area (Å²) in [6.07, 6.45) is 5.16. The lowest BCUT2D eigenvalue weighted by molar-refractivity contribution is -0.136. The monoisotopic (exact) mass is 309 g/mol. The van der Waals surface area contributed by atoms with Crippen molar-refractivity contribution in [2.75, 3.05) is 26.2 Å². The molecule has 0 aromatic heterocycles. The van der Waals surface area contributed by atoms with Gasteiger partial charge < -0.3 is 10.6 Å². The number of hydrogen-bond acceptors (Lipinski definition) is 3. The van der Waals surface area contributed by atoms with Crippen molar-refractivity contribution in [2.24, 2.45) is 17.1 Å². The van der Waals surface area contributed by atoms with Crippen molar-refractivity contribution in [1.82, 2.24) is 9.80 Å². The van der Waals surface area contributed by atoms with Crippen LogP contribution in [-0.4, -0.2) is 53.8 Å². The van der Waals surface area contributed by atoms with Crippen molar-refractivity contribution in [3.63, 3.8) is 0 Å². The van der Waals surface area contributed by atoms with Crippen LogP contribution >= 0.6 is 0 Å². The van der Waals surface area contributed by atoms with Gasteiger partial charge in [0.15, 0.2) is 0 Å². The van der Waals surface area contributed by atoms with E-state index in [0.29, 0.717) is 19.1 Å². The van der Waals surface area contributed by atoms with Crippen molar-refractivity contribution in [1.29, 1.82) is 0 Å². The molecule has 2 fully saturated rings. The van der Waals surface area contributed by atoms with Crippen molar-refractivity contribution in [2.45, 2.75) is 58.9 Å². The van der Waals surface area contributed by atoms with Gasteiger partial charge >= 0.3 is 0 Å². The van der Waals surface area contributed by atoms with Gasteiger partial charge in [0.2, 0.25) is 11.8 Å². The minimum Gasteiger partial charge on any atom is -0.369 e. The average molecular weight is 309 g/mol. The molecule has 2 amide bonds. The molecule has 2 aliphatic rings. The minimum absolute atomic E-state index is 0.157. The number of nitrogens with zero attached hydrogens (tertiary/aromatic N) is 2. The molecule has 5 nitrogen and oxygen atoms in total. The Morgan fingerprint density at radius 3 is 2.50 bits per heavy atom. The number of likely N-dealkylation sites (tertiary alicyclic amines) is 2. The molecule has 0 aliphatic carbocycles. The number of piperidine rings is 1. The van der Waals surface area contributed by atoms with Gasteiger partial charge in [-0.05, 0) is 44.1 Å². The van der Waals surface area contributed by atoms with Gasteiger partial charge in [-0.2, -0.15) is 0 Å². The fourth-order valence-electron chi connectivity index (χ4n) is 3.85. The molecule has 0 radical (unpaired) electrons. The van der Waals surface area contributed by atoms with Crippen LogP contribution in [0.2, 0.25) is 0 Å². The van der Waals surface area contributed by atoms with Gasteiger partial charge in [-0.3, -0.25) is 14.5 Å². The summed E-state index contributed by atoms with van der Waals surface area (Å²) < 4.78 is 0. The molecule has 126 valence electrons. The number of carbonyl (C=O) groups excluding carboxylic acids is 2. The highest BCUT2D eigenvalue weighted by atomic mass is 16.2. The van der Waals surface area contributed by atoms with Crippen LogP contribution < -0.4 is 5.73 Å². The number of amides is 2. The Kier molecular flexibility index (Phi) is 5.48. The predicted molar refractivity (Wildman–Crippen MR) is 87.2 cm³/mol. The van der Waals surface area contributed by atoms with E-state index in [1.807, 2.05) is 4.90 Å². The Morgan fingerprint density at radius 2 is 1.86 bits per heavy atom. The van der Waals surface area contributed by atoms with Crippen LogP contribution in [-0.2, 0) is 9.59 Å². The Morgan fingerprint density at radius 1 is 1.18 bits per heavy atom. The third-order valence-electron chi connectivity index (χ3n) is 5.69. The first kappa shape index (κ1) is 17.3. The van der Waals surface area contributed by atoms with Crippen LogP contribution in [0.15, 0.2) is 0 Å². The first-order chi connectivity index (χ1) is 10.3. The summed E-state index contributed by atoms with van der Waals surface area (Å²) in [4.78, 5) is 28.2. The largest absolute Gasteiger partial charge is 0.369 e. The third kappa shape index (κ3) is 3.80. The first-order valence-corrected chi connectivity index (χ1v) is 8.66. The number of rotatable bonds is 5. The lowest BCUT2D eigenvalue weighted by Gasteiger charge is -2.38. The summed E-state index contributed by atoms with van der Waals surface area (Å²) in [6, 6.07) is 0.484. The second kappa shape index (κ2) is 6.99. The fourth-order valence-corrected chi connectivity index (χ4v) is 3.85. The van der Waals surface area contributed by atoms with E-state index >= 15 is 0 Å². The summed E-state index contributed by atoms with van der Waals surface area (Å²) >= 11 is 0. The van der Waals surface area contributed by atoms with Crippen LogP contribution in [0.4, 0.5) is 0 Å². The van der Waals surface area contributed by atoms with Gasteiger partial charge in [-0.1, -0.05) is 20.8 Å². The lowest BCUT2D eigenvalue weighted by Crippen LogP contribution is -2.50. The maximum absolute atomic E-state index is 12.6. The molecular weight excluding hydrogens is 278 g/mol. The van der Waals surface area contributed by atoms with Crippen molar-refractivity contribution in [3.8, 4) is 0 Å². The zero-order valence-corrected chi connectivity index (χ0v) is 14.3. The number of carbonyl (C=O) groups is 2. The normalized spacial score (nSPS) is 27.1. The predicted octanol–water partition coefficient (Wildman–Crippen LogP) is 1.61. The molecule has 2 N–H and O–H groups in total. The van der Waals surface area contributed by atoms with Gasteiger partial charge in [-0.25, -0.2) is 0 Å². The third-order valence-corrected chi connectivity index (χ3v) is 5.69. The highest BCUT2D eigenvalue weighted by molar-refractivity contribution is 5.81. The number of hydrogen-bond donors (Lipinski definition) is 1. The molecule has 2 rings (SSSR count). The van der Waals surface area contributed by atoms with Gasteiger partial charge in [-0.15, -0.1) is 0 Å². The van der Waals surface area contributed by atoms with E-state index in [1.54, 1.807) is 0 Å². The second-order valence-electron chi connectivity index (χ2n) is 7.55. The molecule has 5 heteroatoms. The molecule has 0 unspecified atom stereocenters. The molecule has 2 saturated heterocycles. The SMILES string of the molecule is CCC(C)(C)[C@H]1CCCN1CC(=O)N1CCC[C@H](C(N)=O)C1. The summed E-state index contributed by atoms with van der Waals surface area (Å²) in [5.41, 5.74) is 5.65. The number of primary amides is 1.